The third-order valence-electron chi connectivity index (χ3n) is 5.71. The maximum Gasteiger partial charge on any atom is 0.247 e. The number of hydrogen-bond acceptors (Lipinski definition) is 7. The Bertz CT molecular complexity index is 1230. The van der Waals surface area contributed by atoms with Gasteiger partial charge in [0.05, 0.1) is 0 Å². The third kappa shape index (κ3) is 5.99. The van der Waals surface area contributed by atoms with E-state index in [0.717, 1.165) is 16.7 Å². The highest BCUT2D eigenvalue weighted by Gasteiger charge is 2.31. The molecule has 2 heterocycles. The second-order valence-electron chi connectivity index (χ2n) is 9.88. The molecule has 1 unspecified atom stereocenters. The van der Waals surface area contributed by atoms with Crippen molar-refractivity contribution in [3.8, 4) is 22.9 Å². The molecule has 10 nitrogen and oxygen atoms in total. The van der Waals surface area contributed by atoms with Crippen molar-refractivity contribution in [2.45, 2.75) is 65.7 Å². The van der Waals surface area contributed by atoms with E-state index in [1.165, 1.54) is 4.80 Å². The van der Waals surface area contributed by atoms with E-state index in [9.17, 15) is 9.59 Å². The minimum atomic E-state index is -0.678. The number of aromatic nitrogens is 4. The minimum Gasteiger partial charge on any atom is -0.454 e. The largest absolute Gasteiger partial charge is 0.454 e. The van der Waals surface area contributed by atoms with Crippen molar-refractivity contribution < 1.29 is 19.1 Å². The second kappa shape index (κ2) is 10.3. The lowest BCUT2D eigenvalue weighted by Gasteiger charge is -2.33. The predicted octanol–water partition coefficient (Wildman–Crippen LogP) is 3.10. The van der Waals surface area contributed by atoms with Gasteiger partial charge in [-0.2, -0.15) is 4.80 Å². The van der Waals surface area contributed by atoms with Crippen molar-refractivity contribution in [3.05, 3.63) is 53.6 Å². The fourth-order valence-electron chi connectivity index (χ4n) is 3.95. The van der Waals surface area contributed by atoms with Gasteiger partial charge in [-0.25, -0.2) is 0 Å². The van der Waals surface area contributed by atoms with Crippen LogP contribution in [0.1, 0.15) is 45.2 Å². The summed E-state index contributed by atoms with van der Waals surface area (Å²) in [5.41, 5.74) is 2.32. The molecule has 1 atom stereocenters. The van der Waals surface area contributed by atoms with Gasteiger partial charge in [0, 0.05) is 17.6 Å². The molecule has 1 aromatic heterocycles. The molecule has 0 fully saturated rings. The lowest BCUT2D eigenvalue weighted by molar-refractivity contribution is -0.142. The molecular formula is C26H32N6O4. The van der Waals surface area contributed by atoms with Crippen molar-refractivity contribution in [2.24, 2.45) is 0 Å². The van der Waals surface area contributed by atoms with E-state index in [2.05, 4.69) is 20.7 Å². The summed E-state index contributed by atoms with van der Waals surface area (Å²) < 4.78 is 10.9. The molecule has 190 valence electrons. The van der Waals surface area contributed by atoms with Crippen LogP contribution in [0.15, 0.2) is 42.5 Å². The van der Waals surface area contributed by atoms with Gasteiger partial charge in [-0.05, 0) is 57.0 Å². The van der Waals surface area contributed by atoms with Crippen LogP contribution in [0.25, 0.3) is 11.4 Å². The van der Waals surface area contributed by atoms with E-state index in [4.69, 9.17) is 9.47 Å². The van der Waals surface area contributed by atoms with Crippen LogP contribution in [0.3, 0.4) is 0 Å². The summed E-state index contributed by atoms with van der Waals surface area (Å²) in [6.45, 7) is 9.84. The first-order chi connectivity index (χ1) is 17.1. The summed E-state index contributed by atoms with van der Waals surface area (Å²) in [5, 5.41) is 15.6. The summed E-state index contributed by atoms with van der Waals surface area (Å²) in [6, 6.07) is 12.6. The molecule has 2 amide bonds. The van der Waals surface area contributed by atoms with Crippen molar-refractivity contribution in [1.29, 1.82) is 0 Å². The van der Waals surface area contributed by atoms with Gasteiger partial charge < -0.3 is 19.7 Å². The molecule has 3 aromatic rings. The zero-order chi connectivity index (χ0) is 25.9. The fourth-order valence-corrected chi connectivity index (χ4v) is 3.95. The topological polar surface area (TPSA) is 111 Å². The first-order valence-corrected chi connectivity index (χ1v) is 12.0. The fraction of sp³-hybridized carbons (Fsp3) is 0.423. The molecule has 4 rings (SSSR count). The molecule has 0 spiro atoms. The number of benzene rings is 2. The molecule has 2 aromatic carbocycles. The molecule has 1 aliphatic heterocycles. The van der Waals surface area contributed by atoms with Crippen LogP contribution in [-0.4, -0.2) is 55.3 Å². The Morgan fingerprint density at radius 1 is 1.11 bits per heavy atom. The van der Waals surface area contributed by atoms with Gasteiger partial charge in [-0.3, -0.25) is 9.59 Å². The molecule has 1 N–H and O–H groups in total. The number of rotatable bonds is 8. The smallest absolute Gasteiger partial charge is 0.247 e. The Hall–Kier alpha value is -3.95. The van der Waals surface area contributed by atoms with Gasteiger partial charge in [0.25, 0.3) is 0 Å². The molecule has 0 aliphatic carbocycles. The van der Waals surface area contributed by atoms with E-state index in [0.29, 0.717) is 23.7 Å². The van der Waals surface area contributed by atoms with Crippen molar-refractivity contribution in [3.63, 3.8) is 0 Å². The molecule has 0 saturated carbocycles. The van der Waals surface area contributed by atoms with Crippen LogP contribution >= 0.6 is 0 Å². The SMILES string of the molecule is CCC(C(=O)NC(C)(C)C)N(Cc1ccc2c(c1)OCO2)C(=O)Cn1nnc(-c2ccc(C)cc2)n1. The number of aryl methyl sites for hydroxylation is 1. The van der Waals surface area contributed by atoms with Gasteiger partial charge in [-0.15, -0.1) is 10.2 Å². The first-order valence-electron chi connectivity index (χ1n) is 12.0. The number of amides is 2. The number of ether oxygens (including phenoxy) is 2. The van der Waals surface area contributed by atoms with Gasteiger partial charge >= 0.3 is 0 Å². The van der Waals surface area contributed by atoms with Gasteiger partial charge in [0.15, 0.2) is 11.5 Å². The van der Waals surface area contributed by atoms with E-state index in [-0.39, 0.29) is 31.7 Å². The highest BCUT2D eigenvalue weighted by atomic mass is 16.7. The van der Waals surface area contributed by atoms with Gasteiger partial charge in [0.2, 0.25) is 24.4 Å². The number of carbonyl (C=O) groups is 2. The summed E-state index contributed by atoms with van der Waals surface area (Å²) in [7, 11) is 0. The van der Waals surface area contributed by atoms with E-state index in [1.54, 1.807) is 4.90 Å². The van der Waals surface area contributed by atoms with E-state index >= 15 is 0 Å². The Labute approximate surface area is 210 Å². The Morgan fingerprint density at radius 2 is 1.83 bits per heavy atom. The average Bonchev–Trinajstić information content (AvgIpc) is 3.47. The molecule has 0 saturated heterocycles. The van der Waals surface area contributed by atoms with E-state index in [1.807, 2.05) is 77.1 Å². The molecule has 0 radical (unpaired) electrons. The highest BCUT2D eigenvalue weighted by molar-refractivity contribution is 5.88. The minimum absolute atomic E-state index is 0.150. The molecule has 1 aliphatic rings. The Kier molecular flexibility index (Phi) is 7.23. The summed E-state index contributed by atoms with van der Waals surface area (Å²) in [6.07, 6.45) is 0.442. The monoisotopic (exact) mass is 492 g/mol. The second-order valence-corrected chi connectivity index (χ2v) is 9.88. The average molecular weight is 493 g/mol. The van der Waals surface area contributed by atoms with Gasteiger partial charge in [0.1, 0.15) is 12.6 Å². The first kappa shape index (κ1) is 25.2. The third-order valence-corrected chi connectivity index (χ3v) is 5.71. The number of hydrogen-bond donors (Lipinski definition) is 1. The molecule has 10 heteroatoms. The standard InChI is InChI=1S/C26H32N6O4/c1-6-20(25(34)27-26(3,4)5)31(14-18-9-12-21-22(13-18)36-16-35-21)23(33)15-32-29-24(28-30-32)19-10-7-17(2)8-11-19/h7-13,20H,6,14-16H2,1-5H3,(H,27,34). The van der Waals surface area contributed by atoms with Crippen LogP contribution in [0, 0.1) is 6.92 Å². The normalized spacial score (nSPS) is 13.4. The van der Waals surface area contributed by atoms with Crippen LogP contribution in [0.5, 0.6) is 11.5 Å². The number of nitrogens with one attached hydrogen (secondary N) is 1. The lowest BCUT2D eigenvalue weighted by Crippen LogP contribution is -2.54. The number of nitrogens with zero attached hydrogens (tertiary/aromatic N) is 5. The lowest BCUT2D eigenvalue weighted by atomic mass is 10.1. The van der Waals surface area contributed by atoms with E-state index < -0.39 is 11.6 Å². The van der Waals surface area contributed by atoms with Gasteiger partial charge in [-0.1, -0.05) is 42.8 Å². The van der Waals surface area contributed by atoms with Crippen molar-refractivity contribution in [1.82, 2.24) is 30.4 Å². The maximum atomic E-state index is 13.6. The summed E-state index contributed by atoms with van der Waals surface area (Å²) in [5.74, 6) is 1.20. The predicted molar refractivity (Wildman–Crippen MR) is 133 cm³/mol. The summed E-state index contributed by atoms with van der Waals surface area (Å²) in [4.78, 5) is 29.6. The Morgan fingerprint density at radius 3 is 2.53 bits per heavy atom. The van der Waals surface area contributed by atoms with Crippen molar-refractivity contribution in [2.75, 3.05) is 6.79 Å². The molecular weight excluding hydrogens is 460 g/mol. The van der Waals surface area contributed by atoms with Crippen LogP contribution in [-0.2, 0) is 22.7 Å². The Balaban J connectivity index is 1.57. The van der Waals surface area contributed by atoms with Crippen LogP contribution in [0.2, 0.25) is 0 Å². The highest BCUT2D eigenvalue weighted by Crippen LogP contribution is 2.33. The number of carbonyl (C=O) groups excluding carboxylic acids is 2. The quantitative estimate of drug-likeness (QED) is 0.514. The number of fused-ring (bicyclic) bond motifs is 1. The zero-order valence-corrected chi connectivity index (χ0v) is 21.3. The van der Waals surface area contributed by atoms with Crippen molar-refractivity contribution >= 4 is 11.8 Å². The summed E-state index contributed by atoms with van der Waals surface area (Å²) >= 11 is 0. The number of tetrazole rings is 1. The zero-order valence-electron chi connectivity index (χ0n) is 21.3. The molecule has 36 heavy (non-hydrogen) atoms. The maximum absolute atomic E-state index is 13.6. The van der Waals surface area contributed by atoms with Crippen LogP contribution < -0.4 is 14.8 Å². The van der Waals surface area contributed by atoms with Crippen LogP contribution in [0.4, 0.5) is 0 Å². The molecule has 0 bridgehead atoms.